The van der Waals surface area contributed by atoms with Crippen molar-refractivity contribution in [1.82, 2.24) is 15.6 Å². The number of rotatable bonds is 6. The van der Waals surface area contributed by atoms with Crippen molar-refractivity contribution in [2.24, 2.45) is 0 Å². The summed E-state index contributed by atoms with van der Waals surface area (Å²) in [6, 6.07) is 13.3. The molecule has 0 radical (unpaired) electrons. The molecule has 1 saturated heterocycles. The minimum atomic E-state index is -0.0284. The first-order valence-electron chi connectivity index (χ1n) is 10.1. The van der Waals surface area contributed by atoms with Crippen molar-refractivity contribution < 1.29 is 9.53 Å². The Bertz CT molecular complexity index is 830. The predicted octanol–water partition coefficient (Wildman–Crippen LogP) is 3.74. The number of amides is 1. The van der Waals surface area contributed by atoms with Crippen molar-refractivity contribution >= 4 is 11.7 Å². The summed E-state index contributed by atoms with van der Waals surface area (Å²) in [5.41, 5.74) is 1.65. The first kappa shape index (κ1) is 21.1. The first-order valence-corrected chi connectivity index (χ1v) is 10.1. The van der Waals surface area contributed by atoms with Crippen LogP contribution in [-0.2, 0) is 6.61 Å². The van der Waals surface area contributed by atoms with Gasteiger partial charge in [-0.15, -0.1) is 0 Å². The van der Waals surface area contributed by atoms with Gasteiger partial charge in [0.05, 0.1) is 0 Å². The number of hydrogen-bond acceptors (Lipinski definition) is 5. The van der Waals surface area contributed by atoms with Crippen LogP contribution in [0.4, 0.5) is 5.82 Å². The smallest absolute Gasteiger partial charge is 0.251 e. The molecule has 3 N–H and O–H groups in total. The van der Waals surface area contributed by atoms with Crippen LogP contribution >= 0.6 is 0 Å². The highest BCUT2D eigenvalue weighted by molar-refractivity contribution is 5.94. The lowest BCUT2D eigenvalue weighted by Crippen LogP contribution is -2.62. The topological polar surface area (TPSA) is 75.3 Å². The minimum absolute atomic E-state index is 0.000468. The third-order valence-corrected chi connectivity index (χ3v) is 5.11. The van der Waals surface area contributed by atoms with Gasteiger partial charge in [-0.2, -0.15) is 4.98 Å². The van der Waals surface area contributed by atoms with E-state index in [1.54, 1.807) is 0 Å². The molecule has 0 unspecified atom stereocenters. The van der Waals surface area contributed by atoms with Crippen LogP contribution in [0.1, 0.15) is 56.5 Å². The van der Waals surface area contributed by atoms with Crippen molar-refractivity contribution in [2.45, 2.75) is 64.3 Å². The summed E-state index contributed by atoms with van der Waals surface area (Å²) < 4.78 is 5.74. The SMILES string of the molecule is CNc1cccc(OCc2ccc(C(=O)NC3CC(C)(C)NC(C)(C)C3)cc2)n1. The summed E-state index contributed by atoms with van der Waals surface area (Å²) >= 11 is 0. The molecule has 6 heteroatoms. The Morgan fingerprint density at radius 2 is 1.76 bits per heavy atom. The van der Waals surface area contributed by atoms with Gasteiger partial charge in [-0.1, -0.05) is 18.2 Å². The summed E-state index contributed by atoms with van der Waals surface area (Å²) in [4.78, 5) is 17.1. The lowest BCUT2D eigenvalue weighted by atomic mass is 9.79. The Morgan fingerprint density at radius 1 is 1.10 bits per heavy atom. The third-order valence-electron chi connectivity index (χ3n) is 5.11. The number of nitrogens with zero attached hydrogens (tertiary/aromatic N) is 1. The summed E-state index contributed by atoms with van der Waals surface area (Å²) in [5.74, 6) is 1.30. The zero-order valence-corrected chi connectivity index (χ0v) is 18.0. The molecule has 2 aromatic rings. The molecule has 0 spiro atoms. The predicted molar refractivity (Wildman–Crippen MR) is 116 cm³/mol. The second-order valence-corrected chi connectivity index (χ2v) is 9.07. The fourth-order valence-corrected chi connectivity index (χ4v) is 4.24. The van der Waals surface area contributed by atoms with Crippen LogP contribution in [0.5, 0.6) is 5.88 Å². The number of piperidine rings is 1. The van der Waals surface area contributed by atoms with E-state index in [0.29, 0.717) is 18.1 Å². The Morgan fingerprint density at radius 3 is 2.38 bits per heavy atom. The Kier molecular flexibility index (Phi) is 6.13. The van der Waals surface area contributed by atoms with E-state index < -0.39 is 0 Å². The summed E-state index contributed by atoms with van der Waals surface area (Å²) in [5, 5.41) is 9.84. The molecule has 1 aliphatic rings. The van der Waals surface area contributed by atoms with Gasteiger partial charge in [-0.3, -0.25) is 4.79 Å². The van der Waals surface area contributed by atoms with Crippen LogP contribution in [0.2, 0.25) is 0 Å². The van der Waals surface area contributed by atoms with Gasteiger partial charge in [0, 0.05) is 35.8 Å². The largest absolute Gasteiger partial charge is 0.473 e. The highest BCUT2D eigenvalue weighted by Gasteiger charge is 2.38. The van der Waals surface area contributed by atoms with E-state index in [0.717, 1.165) is 24.2 Å². The maximum Gasteiger partial charge on any atom is 0.251 e. The number of hydrogen-bond donors (Lipinski definition) is 3. The van der Waals surface area contributed by atoms with E-state index in [-0.39, 0.29) is 23.0 Å². The van der Waals surface area contributed by atoms with Crippen LogP contribution in [-0.4, -0.2) is 35.1 Å². The molecule has 156 valence electrons. The second kappa shape index (κ2) is 8.41. The van der Waals surface area contributed by atoms with E-state index in [9.17, 15) is 4.79 Å². The quantitative estimate of drug-likeness (QED) is 0.694. The first-order chi connectivity index (χ1) is 13.7. The van der Waals surface area contributed by atoms with Crippen LogP contribution in [0.25, 0.3) is 0 Å². The Balaban J connectivity index is 1.57. The molecule has 0 saturated carbocycles. The molecule has 2 heterocycles. The van der Waals surface area contributed by atoms with Gasteiger partial charge in [0.2, 0.25) is 5.88 Å². The van der Waals surface area contributed by atoms with Gasteiger partial charge < -0.3 is 20.7 Å². The normalized spacial score (nSPS) is 18.1. The standard InChI is InChI=1S/C23H32N4O2/c1-22(2)13-18(14-23(3,4)27-22)25-21(28)17-11-9-16(10-12-17)15-29-20-8-6-7-19(24-5)26-20/h6-12,18,27H,13-15H2,1-5H3,(H,24,26)(H,25,28). The number of carbonyl (C=O) groups excluding carboxylic acids is 1. The van der Waals surface area contributed by atoms with Crippen LogP contribution < -0.4 is 20.7 Å². The van der Waals surface area contributed by atoms with Gasteiger partial charge in [0.1, 0.15) is 12.4 Å². The van der Waals surface area contributed by atoms with Crippen molar-refractivity contribution in [3.8, 4) is 5.88 Å². The average Bonchev–Trinajstić information content (AvgIpc) is 2.64. The van der Waals surface area contributed by atoms with Crippen LogP contribution in [0.3, 0.4) is 0 Å². The molecule has 0 atom stereocenters. The fourth-order valence-electron chi connectivity index (χ4n) is 4.24. The van der Waals surface area contributed by atoms with Crippen molar-refractivity contribution in [2.75, 3.05) is 12.4 Å². The van der Waals surface area contributed by atoms with Crippen molar-refractivity contribution in [1.29, 1.82) is 0 Å². The lowest BCUT2D eigenvalue weighted by Gasteiger charge is -2.46. The highest BCUT2D eigenvalue weighted by atomic mass is 16.5. The van der Waals surface area contributed by atoms with Crippen LogP contribution in [0, 0.1) is 0 Å². The van der Waals surface area contributed by atoms with E-state index in [1.165, 1.54) is 0 Å². The van der Waals surface area contributed by atoms with Gasteiger partial charge in [0.15, 0.2) is 0 Å². The number of anilines is 1. The van der Waals surface area contributed by atoms with Crippen molar-refractivity contribution in [3.63, 3.8) is 0 Å². The van der Waals surface area contributed by atoms with E-state index in [1.807, 2.05) is 49.5 Å². The number of aromatic nitrogens is 1. The molecule has 0 bridgehead atoms. The average molecular weight is 397 g/mol. The minimum Gasteiger partial charge on any atom is -0.473 e. The fraction of sp³-hybridized carbons (Fsp3) is 0.478. The highest BCUT2D eigenvalue weighted by Crippen LogP contribution is 2.28. The van der Waals surface area contributed by atoms with E-state index >= 15 is 0 Å². The zero-order chi connectivity index (χ0) is 21.1. The number of pyridine rings is 1. The molecular formula is C23H32N4O2. The zero-order valence-electron chi connectivity index (χ0n) is 18.0. The molecule has 1 amide bonds. The van der Waals surface area contributed by atoms with Gasteiger partial charge >= 0.3 is 0 Å². The van der Waals surface area contributed by atoms with Gasteiger partial charge in [-0.05, 0) is 64.3 Å². The van der Waals surface area contributed by atoms with E-state index in [2.05, 4.69) is 48.6 Å². The Hall–Kier alpha value is -2.60. The molecule has 3 rings (SSSR count). The maximum absolute atomic E-state index is 12.7. The summed E-state index contributed by atoms with van der Waals surface area (Å²) in [6.07, 6.45) is 1.82. The summed E-state index contributed by atoms with van der Waals surface area (Å²) in [7, 11) is 1.82. The molecule has 1 aromatic carbocycles. The molecule has 1 aromatic heterocycles. The lowest BCUT2D eigenvalue weighted by molar-refractivity contribution is 0.0873. The molecular weight excluding hydrogens is 364 g/mol. The van der Waals surface area contributed by atoms with Crippen molar-refractivity contribution in [3.05, 3.63) is 53.6 Å². The second-order valence-electron chi connectivity index (χ2n) is 9.07. The van der Waals surface area contributed by atoms with Gasteiger partial charge in [0.25, 0.3) is 5.91 Å². The molecule has 1 aliphatic heterocycles. The Labute approximate surface area is 173 Å². The number of nitrogens with one attached hydrogen (secondary N) is 3. The number of benzene rings is 1. The van der Waals surface area contributed by atoms with Crippen LogP contribution in [0.15, 0.2) is 42.5 Å². The molecule has 1 fully saturated rings. The monoisotopic (exact) mass is 396 g/mol. The number of ether oxygens (including phenoxy) is 1. The summed E-state index contributed by atoms with van der Waals surface area (Å²) in [6.45, 7) is 9.14. The van der Waals surface area contributed by atoms with Gasteiger partial charge in [-0.25, -0.2) is 0 Å². The van der Waals surface area contributed by atoms with E-state index in [4.69, 9.17) is 4.74 Å². The number of carbonyl (C=O) groups is 1. The molecule has 29 heavy (non-hydrogen) atoms. The molecule has 6 nitrogen and oxygen atoms in total. The maximum atomic E-state index is 12.7. The molecule has 0 aliphatic carbocycles. The third kappa shape index (κ3) is 5.94.